The van der Waals surface area contributed by atoms with E-state index >= 15 is 0 Å². The van der Waals surface area contributed by atoms with Crippen LogP contribution < -0.4 is 0 Å². The Morgan fingerprint density at radius 2 is 1.87 bits per heavy atom. The Balaban J connectivity index is 3.20. The Bertz CT molecular complexity index is 374. The summed E-state index contributed by atoms with van der Waals surface area (Å²) in [5.74, 6) is -0.984. The van der Waals surface area contributed by atoms with E-state index in [1.165, 1.54) is 0 Å². The fourth-order valence-electron chi connectivity index (χ4n) is 1.34. The average Bonchev–Trinajstić information content (AvgIpc) is 2.14. The normalized spacial score (nSPS) is 12.6. The van der Waals surface area contributed by atoms with Gasteiger partial charge in [0, 0.05) is 6.08 Å². The molecule has 15 heavy (non-hydrogen) atoms. The molecule has 1 rings (SSSR count). The van der Waals surface area contributed by atoms with Gasteiger partial charge >= 0.3 is 5.97 Å². The second-order valence-electron chi connectivity index (χ2n) is 3.73. The molecule has 0 spiro atoms. The molecular weight excluding hydrogens is 212 g/mol. The first kappa shape index (κ1) is 11.8. The van der Waals surface area contributed by atoms with Crippen LogP contribution >= 0.6 is 11.6 Å². The number of carboxylic acid groups (broad SMARTS) is 1. The van der Waals surface area contributed by atoms with Crippen molar-refractivity contribution in [3.8, 4) is 0 Å². The molecule has 0 aliphatic rings. The summed E-state index contributed by atoms with van der Waals surface area (Å²) in [6.07, 6.45) is 1.16. The topological polar surface area (TPSA) is 37.3 Å². The third-order valence-corrected chi connectivity index (χ3v) is 2.20. The molecule has 0 fully saturated rings. The zero-order valence-electron chi connectivity index (χ0n) is 8.70. The van der Waals surface area contributed by atoms with E-state index in [0.717, 1.165) is 11.6 Å². The molecule has 1 N–H and O–H groups in total. The third kappa shape index (κ3) is 3.40. The molecule has 0 atom stereocenters. The predicted molar refractivity (Wildman–Crippen MR) is 62.0 cm³/mol. The maximum Gasteiger partial charge on any atom is 0.328 e. The van der Waals surface area contributed by atoms with Crippen LogP contribution in [0.2, 0.25) is 0 Å². The van der Waals surface area contributed by atoms with Gasteiger partial charge in [-0.05, 0) is 25.0 Å². The van der Waals surface area contributed by atoms with Crippen LogP contribution in [0, 0.1) is 0 Å². The first-order valence-electron chi connectivity index (χ1n) is 4.60. The van der Waals surface area contributed by atoms with Gasteiger partial charge < -0.3 is 5.11 Å². The van der Waals surface area contributed by atoms with Crippen LogP contribution in [-0.4, -0.2) is 16.0 Å². The van der Waals surface area contributed by atoms with Crippen molar-refractivity contribution in [2.24, 2.45) is 0 Å². The summed E-state index contributed by atoms with van der Waals surface area (Å²) in [6.45, 7) is 3.55. The minimum atomic E-state index is -0.984. The Labute approximate surface area is 94.2 Å². The fraction of sp³-hybridized carbons (Fsp3) is 0.250. The van der Waals surface area contributed by atoms with E-state index in [1.807, 2.05) is 30.3 Å². The highest BCUT2D eigenvalue weighted by Gasteiger charge is 2.22. The van der Waals surface area contributed by atoms with Crippen LogP contribution in [0.4, 0.5) is 0 Å². The number of halogens is 1. The molecule has 0 saturated carbocycles. The molecule has 0 radical (unpaired) electrons. The molecule has 3 heteroatoms. The highest BCUT2D eigenvalue weighted by Crippen LogP contribution is 2.32. The lowest BCUT2D eigenvalue weighted by Crippen LogP contribution is -2.14. The van der Waals surface area contributed by atoms with Gasteiger partial charge in [0.15, 0.2) is 0 Å². The molecule has 80 valence electrons. The Morgan fingerprint density at radius 3 is 2.27 bits per heavy atom. The smallest absolute Gasteiger partial charge is 0.328 e. The number of hydrogen-bond acceptors (Lipinski definition) is 1. The lowest BCUT2D eigenvalue weighted by atomic mass is 9.94. The number of aliphatic carboxylic acids is 1. The molecule has 0 bridgehead atoms. The van der Waals surface area contributed by atoms with Crippen LogP contribution in [0.15, 0.2) is 36.4 Å². The van der Waals surface area contributed by atoms with Crippen molar-refractivity contribution in [2.75, 3.05) is 0 Å². The Kier molecular flexibility index (Phi) is 3.53. The van der Waals surface area contributed by atoms with E-state index in [0.29, 0.717) is 5.57 Å². The number of allylic oxidation sites excluding steroid dienone is 1. The molecule has 0 aliphatic carbocycles. The zero-order valence-corrected chi connectivity index (χ0v) is 9.45. The van der Waals surface area contributed by atoms with E-state index in [1.54, 1.807) is 13.8 Å². The second-order valence-corrected chi connectivity index (χ2v) is 4.68. The van der Waals surface area contributed by atoms with Gasteiger partial charge in [-0.3, -0.25) is 0 Å². The molecule has 0 aromatic heterocycles. The van der Waals surface area contributed by atoms with E-state index in [4.69, 9.17) is 16.7 Å². The summed E-state index contributed by atoms with van der Waals surface area (Å²) in [6, 6.07) is 9.28. The number of alkyl halides is 1. The van der Waals surface area contributed by atoms with E-state index in [2.05, 4.69) is 0 Å². The van der Waals surface area contributed by atoms with Crippen molar-refractivity contribution in [1.29, 1.82) is 0 Å². The molecule has 2 nitrogen and oxygen atoms in total. The molecular formula is C12H13ClO2. The first-order chi connectivity index (χ1) is 6.91. The summed E-state index contributed by atoms with van der Waals surface area (Å²) in [7, 11) is 0. The van der Waals surface area contributed by atoms with Crippen molar-refractivity contribution in [1.82, 2.24) is 0 Å². The molecule has 0 unspecified atom stereocenters. The fourth-order valence-corrected chi connectivity index (χ4v) is 1.50. The van der Waals surface area contributed by atoms with Gasteiger partial charge in [0.2, 0.25) is 0 Å². The number of benzene rings is 1. The summed E-state index contributed by atoms with van der Waals surface area (Å²) in [5.41, 5.74) is 1.44. The Morgan fingerprint density at radius 1 is 1.33 bits per heavy atom. The number of hydrogen-bond donors (Lipinski definition) is 1. The van der Waals surface area contributed by atoms with Gasteiger partial charge in [-0.15, -0.1) is 11.6 Å². The second kappa shape index (κ2) is 4.49. The van der Waals surface area contributed by atoms with Crippen LogP contribution in [0.1, 0.15) is 19.4 Å². The van der Waals surface area contributed by atoms with Crippen molar-refractivity contribution < 1.29 is 9.90 Å². The molecule has 1 aromatic rings. The molecule has 0 saturated heterocycles. The number of carbonyl (C=O) groups is 1. The Hall–Kier alpha value is -1.28. The average molecular weight is 225 g/mol. The molecule has 0 amide bonds. The van der Waals surface area contributed by atoms with Gasteiger partial charge in [0.05, 0.1) is 4.87 Å². The van der Waals surface area contributed by atoms with E-state index < -0.39 is 10.8 Å². The molecule has 1 aromatic carbocycles. The van der Waals surface area contributed by atoms with Gasteiger partial charge in [-0.2, -0.15) is 0 Å². The minimum Gasteiger partial charge on any atom is -0.478 e. The summed E-state index contributed by atoms with van der Waals surface area (Å²) in [4.78, 5) is 10.00. The maximum absolute atomic E-state index is 10.7. The van der Waals surface area contributed by atoms with E-state index in [9.17, 15) is 4.79 Å². The van der Waals surface area contributed by atoms with Crippen molar-refractivity contribution in [3.05, 3.63) is 42.0 Å². The third-order valence-electron chi connectivity index (χ3n) is 1.99. The monoisotopic (exact) mass is 224 g/mol. The molecule has 0 heterocycles. The van der Waals surface area contributed by atoms with Gasteiger partial charge in [0.1, 0.15) is 0 Å². The maximum atomic E-state index is 10.7. The predicted octanol–water partition coefficient (Wildman–Crippen LogP) is 3.17. The van der Waals surface area contributed by atoms with Crippen LogP contribution in [0.5, 0.6) is 0 Å². The highest BCUT2D eigenvalue weighted by atomic mass is 35.5. The zero-order chi connectivity index (χ0) is 11.5. The SMILES string of the molecule is CC(C)(Cl)/C(=C\C(=O)O)c1ccccc1. The van der Waals surface area contributed by atoms with Gasteiger partial charge in [0.25, 0.3) is 0 Å². The standard InChI is InChI=1S/C12H13ClO2/c1-12(2,13)10(8-11(14)15)9-6-4-3-5-7-9/h3-8H,1-2H3,(H,14,15)/b10-8-. The minimum absolute atomic E-state index is 0.609. The van der Waals surface area contributed by atoms with Crippen molar-refractivity contribution >= 4 is 23.1 Å². The van der Waals surface area contributed by atoms with E-state index in [-0.39, 0.29) is 0 Å². The summed E-state index contributed by atoms with van der Waals surface area (Å²) >= 11 is 6.15. The molecule has 0 aliphatic heterocycles. The van der Waals surface area contributed by atoms with Crippen molar-refractivity contribution in [3.63, 3.8) is 0 Å². The highest BCUT2D eigenvalue weighted by molar-refractivity contribution is 6.30. The van der Waals surface area contributed by atoms with Gasteiger partial charge in [-0.1, -0.05) is 30.3 Å². The summed E-state index contributed by atoms with van der Waals surface area (Å²) < 4.78 is 0. The van der Waals surface area contributed by atoms with Crippen LogP contribution in [0.3, 0.4) is 0 Å². The van der Waals surface area contributed by atoms with Crippen molar-refractivity contribution in [2.45, 2.75) is 18.7 Å². The van der Waals surface area contributed by atoms with Gasteiger partial charge in [-0.25, -0.2) is 4.79 Å². The largest absolute Gasteiger partial charge is 0.478 e. The number of rotatable bonds is 3. The first-order valence-corrected chi connectivity index (χ1v) is 4.98. The van der Waals surface area contributed by atoms with Crippen LogP contribution in [0.25, 0.3) is 5.57 Å². The summed E-state index contributed by atoms with van der Waals surface area (Å²) in [5, 5.41) is 8.77. The van der Waals surface area contributed by atoms with Crippen LogP contribution in [-0.2, 0) is 4.79 Å². The lowest BCUT2D eigenvalue weighted by molar-refractivity contribution is -0.131. The quantitative estimate of drug-likeness (QED) is 0.633. The number of carboxylic acids is 1. The lowest BCUT2D eigenvalue weighted by Gasteiger charge is -2.20.